The van der Waals surface area contributed by atoms with Gasteiger partial charge < -0.3 is 30.2 Å². The number of rotatable bonds is 9. The number of esters is 4. The van der Waals surface area contributed by atoms with Crippen LogP contribution in [0.5, 0.6) is 0 Å². The smallest absolute Gasteiger partial charge is 0.303 e. The van der Waals surface area contributed by atoms with Crippen LogP contribution in [0, 0.1) is 0 Å². The zero-order valence-electron chi connectivity index (χ0n) is 14.4. The van der Waals surface area contributed by atoms with Crippen LogP contribution in [-0.4, -0.2) is 66.3 Å². The molecule has 0 unspecified atom stereocenters. The van der Waals surface area contributed by atoms with E-state index in [-0.39, 0.29) is 12.4 Å². The van der Waals surface area contributed by atoms with Crippen molar-refractivity contribution in [2.45, 2.75) is 52.1 Å². The van der Waals surface area contributed by atoms with Crippen molar-refractivity contribution in [1.82, 2.24) is 6.15 Å². The fourth-order valence-corrected chi connectivity index (χ4v) is 1.84. The Kier molecular flexibility index (Phi) is 11.8. The van der Waals surface area contributed by atoms with E-state index in [0.717, 1.165) is 27.7 Å². The Labute approximate surface area is 144 Å². The second kappa shape index (κ2) is 11.9. The fraction of sp³-hybridized carbons (Fsp3) is 0.643. The lowest BCUT2D eigenvalue weighted by Crippen LogP contribution is -2.53. The van der Waals surface area contributed by atoms with E-state index in [1.165, 1.54) is 0 Å². The molecule has 0 aliphatic carbocycles. The maximum Gasteiger partial charge on any atom is 0.303 e. The molecule has 0 radical (unpaired) electrons. The van der Waals surface area contributed by atoms with Gasteiger partial charge in [-0.2, -0.15) is 0 Å². The van der Waals surface area contributed by atoms with Crippen LogP contribution in [0.2, 0.25) is 0 Å². The lowest BCUT2D eigenvalue weighted by molar-refractivity contribution is -0.199. The van der Waals surface area contributed by atoms with Crippen LogP contribution in [-0.2, 0) is 42.9 Å². The normalized spacial score (nSPS) is 14.6. The summed E-state index contributed by atoms with van der Waals surface area (Å²) in [5.74, 6) is -3.42. The molecular formula is C14H23NO10. The number of aliphatic hydroxyl groups is 1. The Bertz CT molecular complexity index is 492. The lowest BCUT2D eigenvalue weighted by Gasteiger charge is -2.33. The summed E-state index contributed by atoms with van der Waals surface area (Å²) in [6, 6.07) is 0. The third kappa shape index (κ3) is 9.37. The molecule has 0 rings (SSSR count). The van der Waals surface area contributed by atoms with E-state index in [9.17, 15) is 29.1 Å². The van der Waals surface area contributed by atoms with Crippen molar-refractivity contribution in [3.8, 4) is 0 Å². The first-order valence-corrected chi connectivity index (χ1v) is 6.87. The number of aldehydes is 1. The Morgan fingerprint density at radius 2 is 1.20 bits per heavy atom. The van der Waals surface area contributed by atoms with Crippen molar-refractivity contribution in [1.29, 1.82) is 0 Å². The minimum absolute atomic E-state index is 0. The summed E-state index contributed by atoms with van der Waals surface area (Å²) < 4.78 is 19.4. The molecule has 0 aliphatic rings. The Hall–Kier alpha value is -2.53. The van der Waals surface area contributed by atoms with Crippen LogP contribution in [0.1, 0.15) is 27.7 Å². The maximum atomic E-state index is 11.3. The summed E-state index contributed by atoms with van der Waals surface area (Å²) in [5.41, 5.74) is 0. The first-order chi connectivity index (χ1) is 11.1. The van der Waals surface area contributed by atoms with E-state index < -0.39 is 54.9 Å². The maximum absolute atomic E-state index is 11.3. The molecular weight excluding hydrogens is 342 g/mol. The van der Waals surface area contributed by atoms with Gasteiger partial charge in [0, 0.05) is 27.7 Å². The number of hydrogen-bond donors (Lipinski definition) is 2. The predicted octanol–water partition coefficient (Wildman–Crippen LogP) is -0.934. The molecule has 4 atom stereocenters. The molecule has 0 amide bonds. The van der Waals surface area contributed by atoms with Crippen molar-refractivity contribution in [2.24, 2.45) is 0 Å². The van der Waals surface area contributed by atoms with Gasteiger partial charge in [0.1, 0.15) is 0 Å². The summed E-state index contributed by atoms with van der Waals surface area (Å²) >= 11 is 0. The molecule has 0 bridgehead atoms. The van der Waals surface area contributed by atoms with Crippen LogP contribution < -0.4 is 6.15 Å². The van der Waals surface area contributed by atoms with Crippen molar-refractivity contribution in [2.75, 3.05) is 6.61 Å². The standard InChI is InChI=1S/C14H20O10.H3N/c1-7(17)21-11(5-15)13(23-9(3)19)14(24-10(4)20)12(6-16)22-8(2)18;/h5,11-14,16H,6H2,1-4H3;1H3/t11-,12-,13-,14-;/m1./s1. The Morgan fingerprint density at radius 1 is 0.800 bits per heavy atom. The van der Waals surface area contributed by atoms with Gasteiger partial charge in [0.25, 0.3) is 0 Å². The number of hydrogen-bond acceptors (Lipinski definition) is 11. The highest BCUT2D eigenvalue weighted by Gasteiger charge is 2.43. The zero-order valence-corrected chi connectivity index (χ0v) is 14.4. The van der Waals surface area contributed by atoms with E-state index in [1.54, 1.807) is 0 Å². The van der Waals surface area contributed by atoms with E-state index in [0.29, 0.717) is 0 Å². The number of carbonyl (C=O) groups is 5. The van der Waals surface area contributed by atoms with Gasteiger partial charge >= 0.3 is 23.9 Å². The van der Waals surface area contributed by atoms with Gasteiger partial charge in [0.05, 0.1) is 6.61 Å². The topological polar surface area (TPSA) is 178 Å². The average molecular weight is 365 g/mol. The molecule has 0 aromatic rings. The van der Waals surface area contributed by atoms with Gasteiger partial charge in [-0.3, -0.25) is 24.0 Å². The van der Waals surface area contributed by atoms with Crippen molar-refractivity contribution >= 4 is 30.2 Å². The van der Waals surface area contributed by atoms with Crippen LogP contribution in [0.25, 0.3) is 0 Å². The third-order valence-corrected chi connectivity index (χ3v) is 2.55. The first-order valence-electron chi connectivity index (χ1n) is 6.87. The molecule has 144 valence electrons. The summed E-state index contributed by atoms with van der Waals surface area (Å²) in [6.45, 7) is 3.27. The first kappa shape index (κ1) is 24.7. The van der Waals surface area contributed by atoms with Gasteiger partial charge in [-0.1, -0.05) is 0 Å². The summed E-state index contributed by atoms with van der Waals surface area (Å²) in [5, 5.41) is 9.37. The molecule has 0 saturated heterocycles. The monoisotopic (exact) mass is 365 g/mol. The Balaban J connectivity index is 0. The van der Waals surface area contributed by atoms with Crippen LogP contribution in [0.4, 0.5) is 0 Å². The van der Waals surface area contributed by atoms with E-state index in [4.69, 9.17) is 18.9 Å². The van der Waals surface area contributed by atoms with Gasteiger partial charge in [-0.15, -0.1) is 0 Å². The quantitative estimate of drug-likeness (QED) is 0.293. The van der Waals surface area contributed by atoms with Crippen LogP contribution in [0.15, 0.2) is 0 Å². The number of carbonyl (C=O) groups excluding carboxylic acids is 5. The molecule has 11 heteroatoms. The van der Waals surface area contributed by atoms with Gasteiger partial charge in [0.15, 0.2) is 30.7 Å². The van der Waals surface area contributed by atoms with Crippen molar-refractivity contribution in [3.05, 3.63) is 0 Å². The Morgan fingerprint density at radius 3 is 1.52 bits per heavy atom. The molecule has 0 saturated carbocycles. The van der Waals surface area contributed by atoms with E-state index in [2.05, 4.69) is 0 Å². The zero-order chi connectivity index (χ0) is 18.9. The molecule has 4 N–H and O–H groups in total. The largest absolute Gasteiger partial charge is 0.456 e. The van der Waals surface area contributed by atoms with Gasteiger partial charge in [-0.05, 0) is 0 Å². The highest BCUT2D eigenvalue weighted by Crippen LogP contribution is 2.18. The lowest BCUT2D eigenvalue weighted by atomic mass is 10.0. The third-order valence-electron chi connectivity index (χ3n) is 2.55. The molecule has 0 aliphatic heterocycles. The predicted molar refractivity (Wildman–Crippen MR) is 80.4 cm³/mol. The molecule has 11 nitrogen and oxygen atoms in total. The summed E-state index contributed by atoms with van der Waals surface area (Å²) in [4.78, 5) is 56.0. The van der Waals surface area contributed by atoms with Gasteiger partial charge in [-0.25, -0.2) is 0 Å². The fourth-order valence-electron chi connectivity index (χ4n) is 1.84. The molecule has 0 spiro atoms. The van der Waals surface area contributed by atoms with Crippen LogP contribution in [0.3, 0.4) is 0 Å². The minimum atomic E-state index is -1.64. The molecule has 0 aromatic heterocycles. The van der Waals surface area contributed by atoms with Crippen LogP contribution >= 0.6 is 0 Å². The number of ether oxygens (including phenoxy) is 4. The van der Waals surface area contributed by atoms with E-state index >= 15 is 0 Å². The minimum Gasteiger partial charge on any atom is -0.456 e. The van der Waals surface area contributed by atoms with Crippen molar-refractivity contribution < 1.29 is 48.0 Å². The summed E-state index contributed by atoms with van der Waals surface area (Å²) in [6.07, 6.45) is -6.12. The second-order valence-electron chi connectivity index (χ2n) is 4.69. The van der Waals surface area contributed by atoms with Gasteiger partial charge in [0.2, 0.25) is 0 Å². The highest BCUT2D eigenvalue weighted by atomic mass is 16.6. The SMILES string of the molecule is CC(=O)O[C@@H]([C@H](OC(C)=O)[C@@H](CO)OC(C)=O)[C@@H](C=O)OC(C)=O.N. The van der Waals surface area contributed by atoms with Crippen molar-refractivity contribution in [3.63, 3.8) is 0 Å². The molecule has 0 fully saturated rings. The molecule has 25 heavy (non-hydrogen) atoms. The molecule has 0 heterocycles. The second-order valence-corrected chi connectivity index (χ2v) is 4.69. The van der Waals surface area contributed by atoms with E-state index in [1.807, 2.05) is 0 Å². The summed E-state index contributed by atoms with van der Waals surface area (Å²) in [7, 11) is 0. The highest BCUT2D eigenvalue weighted by molar-refractivity contribution is 5.72. The molecule has 0 aromatic carbocycles. The number of aliphatic hydroxyl groups excluding tert-OH is 1. The average Bonchev–Trinajstić information content (AvgIpc) is 2.45.